The van der Waals surface area contributed by atoms with Crippen LogP contribution in [-0.4, -0.2) is 12.2 Å². The second kappa shape index (κ2) is 3.74. The largest absolute Gasteiger partial charge is 0.497 e. The third kappa shape index (κ3) is 1.74. The minimum absolute atomic E-state index is 0.467. The van der Waals surface area contributed by atoms with E-state index < -0.39 is 0 Å². The minimum atomic E-state index is 0.467. The van der Waals surface area contributed by atoms with Crippen molar-refractivity contribution in [1.82, 2.24) is 0 Å². The Labute approximate surface area is 70.8 Å². The molecular formula is C9H8NO2. The summed E-state index contributed by atoms with van der Waals surface area (Å²) < 4.78 is 4.92. The van der Waals surface area contributed by atoms with Crippen molar-refractivity contribution in [2.45, 2.75) is 0 Å². The fourth-order valence-electron chi connectivity index (χ4n) is 0.879. The summed E-state index contributed by atoms with van der Waals surface area (Å²) in [4.78, 5) is 0. The van der Waals surface area contributed by atoms with Crippen LogP contribution in [0.25, 0.3) is 0 Å². The van der Waals surface area contributed by atoms with Crippen molar-refractivity contribution < 1.29 is 9.84 Å². The van der Waals surface area contributed by atoms with E-state index in [2.05, 4.69) is 0 Å². The summed E-state index contributed by atoms with van der Waals surface area (Å²) >= 11 is 0. The summed E-state index contributed by atoms with van der Waals surface area (Å²) in [5, 5.41) is 17.3. The van der Waals surface area contributed by atoms with Crippen LogP contribution in [-0.2, 0) is 0 Å². The van der Waals surface area contributed by atoms with E-state index >= 15 is 0 Å². The molecule has 0 saturated carbocycles. The van der Waals surface area contributed by atoms with Crippen LogP contribution >= 0.6 is 0 Å². The molecule has 0 aliphatic heterocycles. The molecule has 1 N–H and O–H groups in total. The molecule has 0 saturated heterocycles. The molecule has 0 aromatic heterocycles. The first-order valence-electron chi connectivity index (χ1n) is 3.36. The van der Waals surface area contributed by atoms with E-state index in [4.69, 9.17) is 15.1 Å². The van der Waals surface area contributed by atoms with Crippen LogP contribution in [0.15, 0.2) is 18.2 Å². The van der Waals surface area contributed by atoms with Crippen LogP contribution in [0.1, 0.15) is 11.1 Å². The molecule has 1 aromatic carbocycles. The quantitative estimate of drug-likeness (QED) is 0.716. The average molecular weight is 162 g/mol. The summed E-state index contributed by atoms with van der Waals surface area (Å²) in [5.41, 5.74) is 1.03. The SMILES string of the molecule is COc1cc(C#N)cc([CH]O)c1. The number of hydrogen-bond acceptors (Lipinski definition) is 3. The van der Waals surface area contributed by atoms with E-state index in [0.717, 1.165) is 6.61 Å². The van der Waals surface area contributed by atoms with Gasteiger partial charge < -0.3 is 9.84 Å². The fraction of sp³-hybridized carbons (Fsp3) is 0.111. The maximum absolute atomic E-state index is 8.69. The molecule has 0 heterocycles. The fourth-order valence-corrected chi connectivity index (χ4v) is 0.879. The van der Waals surface area contributed by atoms with E-state index in [0.29, 0.717) is 16.9 Å². The van der Waals surface area contributed by atoms with Crippen molar-refractivity contribution in [3.05, 3.63) is 35.9 Å². The summed E-state index contributed by atoms with van der Waals surface area (Å²) in [5.74, 6) is 0.564. The number of nitriles is 1. The van der Waals surface area contributed by atoms with Gasteiger partial charge in [0.25, 0.3) is 0 Å². The second-order valence-corrected chi connectivity index (χ2v) is 2.24. The molecule has 3 nitrogen and oxygen atoms in total. The lowest BCUT2D eigenvalue weighted by Crippen LogP contribution is -1.88. The van der Waals surface area contributed by atoms with Crippen LogP contribution in [0.4, 0.5) is 0 Å². The zero-order chi connectivity index (χ0) is 8.97. The first-order valence-corrected chi connectivity index (χ1v) is 3.36. The highest BCUT2D eigenvalue weighted by atomic mass is 16.5. The number of methoxy groups -OCH3 is 1. The Bertz CT molecular complexity index is 293. The van der Waals surface area contributed by atoms with Gasteiger partial charge in [-0.25, -0.2) is 0 Å². The summed E-state index contributed by atoms with van der Waals surface area (Å²) in [6.07, 6.45) is 0. The zero-order valence-corrected chi connectivity index (χ0v) is 6.61. The van der Waals surface area contributed by atoms with Gasteiger partial charge in [-0.05, 0) is 23.8 Å². The third-order valence-corrected chi connectivity index (χ3v) is 1.44. The topological polar surface area (TPSA) is 53.2 Å². The Hall–Kier alpha value is -1.53. The number of rotatable bonds is 2. The number of aliphatic hydroxyl groups excluding tert-OH is 1. The zero-order valence-electron chi connectivity index (χ0n) is 6.61. The number of hydrogen-bond donors (Lipinski definition) is 1. The van der Waals surface area contributed by atoms with Crippen LogP contribution < -0.4 is 4.74 Å². The molecule has 0 atom stereocenters. The van der Waals surface area contributed by atoms with Gasteiger partial charge in [-0.3, -0.25) is 0 Å². The Kier molecular flexibility index (Phi) is 2.67. The van der Waals surface area contributed by atoms with Crippen LogP contribution in [0.3, 0.4) is 0 Å². The Morgan fingerprint density at radius 3 is 2.75 bits per heavy atom. The van der Waals surface area contributed by atoms with Gasteiger partial charge in [-0.15, -0.1) is 0 Å². The van der Waals surface area contributed by atoms with E-state index in [1.165, 1.54) is 7.11 Å². The van der Waals surface area contributed by atoms with Crippen molar-refractivity contribution in [3.63, 3.8) is 0 Å². The Morgan fingerprint density at radius 2 is 2.25 bits per heavy atom. The third-order valence-electron chi connectivity index (χ3n) is 1.44. The van der Waals surface area contributed by atoms with E-state index in [1.807, 2.05) is 6.07 Å². The summed E-state index contributed by atoms with van der Waals surface area (Å²) in [6.45, 7) is 0.934. The van der Waals surface area contributed by atoms with Crippen molar-refractivity contribution in [1.29, 1.82) is 5.26 Å². The molecule has 12 heavy (non-hydrogen) atoms. The molecule has 1 aromatic rings. The van der Waals surface area contributed by atoms with Crippen molar-refractivity contribution in [3.8, 4) is 11.8 Å². The van der Waals surface area contributed by atoms with Gasteiger partial charge in [0, 0.05) is 0 Å². The molecule has 0 aliphatic rings. The lowest BCUT2D eigenvalue weighted by Gasteiger charge is -2.01. The standard InChI is InChI=1S/C9H8NO2/c1-12-9-3-7(5-10)2-8(4-9)6-11/h2-4,6,11H,1H3. The molecule has 0 amide bonds. The molecule has 0 bridgehead atoms. The number of nitrogens with zero attached hydrogens (tertiary/aromatic N) is 1. The number of ether oxygens (including phenoxy) is 1. The average Bonchev–Trinajstić information content (AvgIpc) is 2.16. The maximum atomic E-state index is 8.69. The van der Waals surface area contributed by atoms with Gasteiger partial charge in [-0.2, -0.15) is 5.26 Å². The summed E-state index contributed by atoms with van der Waals surface area (Å²) in [7, 11) is 1.51. The van der Waals surface area contributed by atoms with Crippen molar-refractivity contribution in [2.24, 2.45) is 0 Å². The van der Waals surface area contributed by atoms with Gasteiger partial charge in [0.2, 0.25) is 0 Å². The molecule has 1 rings (SSSR count). The van der Waals surface area contributed by atoms with Crippen molar-refractivity contribution in [2.75, 3.05) is 7.11 Å². The Balaban J connectivity index is 3.12. The number of aliphatic hydroxyl groups is 1. The molecule has 0 aliphatic carbocycles. The van der Waals surface area contributed by atoms with Gasteiger partial charge in [-0.1, -0.05) is 0 Å². The van der Waals surface area contributed by atoms with Crippen LogP contribution in [0, 0.1) is 17.9 Å². The van der Waals surface area contributed by atoms with Gasteiger partial charge in [0.05, 0.1) is 18.7 Å². The second-order valence-electron chi connectivity index (χ2n) is 2.24. The lowest BCUT2D eigenvalue weighted by atomic mass is 10.1. The van der Waals surface area contributed by atoms with Gasteiger partial charge in [0.1, 0.15) is 12.4 Å². The Morgan fingerprint density at radius 1 is 1.50 bits per heavy atom. The predicted molar refractivity (Wildman–Crippen MR) is 43.0 cm³/mol. The van der Waals surface area contributed by atoms with Gasteiger partial charge in [0.15, 0.2) is 0 Å². The molecule has 61 valence electrons. The smallest absolute Gasteiger partial charge is 0.120 e. The first-order chi connectivity index (χ1) is 5.80. The highest BCUT2D eigenvalue weighted by molar-refractivity contribution is 5.42. The van der Waals surface area contributed by atoms with Crippen LogP contribution in [0.5, 0.6) is 5.75 Å². The van der Waals surface area contributed by atoms with E-state index in [1.54, 1.807) is 18.2 Å². The lowest BCUT2D eigenvalue weighted by molar-refractivity contribution is 0.404. The van der Waals surface area contributed by atoms with Crippen molar-refractivity contribution >= 4 is 0 Å². The highest BCUT2D eigenvalue weighted by Gasteiger charge is 1.99. The molecular weight excluding hydrogens is 154 g/mol. The predicted octanol–water partition coefficient (Wildman–Crippen LogP) is 1.45. The molecule has 0 unspecified atom stereocenters. The molecule has 1 radical (unpaired) electrons. The van der Waals surface area contributed by atoms with E-state index in [9.17, 15) is 0 Å². The molecule has 0 fully saturated rings. The first kappa shape index (κ1) is 8.57. The van der Waals surface area contributed by atoms with Crippen LogP contribution in [0.2, 0.25) is 0 Å². The maximum Gasteiger partial charge on any atom is 0.120 e. The normalized spacial score (nSPS) is 9.08. The molecule has 0 spiro atoms. The molecule has 3 heteroatoms. The number of benzene rings is 1. The minimum Gasteiger partial charge on any atom is -0.497 e. The van der Waals surface area contributed by atoms with E-state index in [-0.39, 0.29) is 0 Å². The summed E-state index contributed by atoms with van der Waals surface area (Å²) in [6, 6.07) is 6.78. The van der Waals surface area contributed by atoms with Gasteiger partial charge >= 0.3 is 0 Å². The highest BCUT2D eigenvalue weighted by Crippen LogP contribution is 2.16. The monoisotopic (exact) mass is 162 g/mol.